The van der Waals surface area contributed by atoms with Crippen molar-refractivity contribution in [2.24, 2.45) is 0 Å². The number of phenols is 1. The first-order valence-electron chi connectivity index (χ1n) is 8.31. The predicted octanol–water partition coefficient (Wildman–Crippen LogP) is 3.88. The van der Waals surface area contributed by atoms with Crippen molar-refractivity contribution in [3.05, 3.63) is 29.3 Å². The van der Waals surface area contributed by atoms with E-state index in [1.807, 2.05) is 13.0 Å². The fourth-order valence-electron chi connectivity index (χ4n) is 2.77. The summed E-state index contributed by atoms with van der Waals surface area (Å²) in [4.78, 5) is 24.3. The van der Waals surface area contributed by atoms with Crippen LogP contribution in [0, 0.1) is 0 Å². The fraction of sp³-hybridized carbons (Fsp3) is 0.474. The van der Waals surface area contributed by atoms with Crippen LogP contribution in [0.4, 0.5) is 0 Å². The van der Waals surface area contributed by atoms with Gasteiger partial charge in [0.05, 0.1) is 13.2 Å². The molecule has 0 radical (unpaired) electrons. The highest BCUT2D eigenvalue weighted by atomic mass is 16.5. The maximum absolute atomic E-state index is 12.6. The molecule has 0 aliphatic carbocycles. The molecule has 1 aliphatic rings. The Morgan fingerprint density at radius 1 is 1.21 bits per heavy atom. The molecule has 1 aromatic carbocycles. The number of hydrogen-bond acceptors (Lipinski definition) is 5. The lowest BCUT2D eigenvalue weighted by atomic mass is 10.0. The minimum absolute atomic E-state index is 0.0207. The number of fused-ring (bicyclic) bond motifs is 1. The van der Waals surface area contributed by atoms with Crippen molar-refractivity contribution in [2.75, 3.05) is 7.11 Å². The Hall–Kier alpha value is -2.30. The largest absolute Gasteiger partial charge is 0.508 e. The van der Waals surface area contributed by atoms with Crippen LogP contribution in [0.5, 0.6) is 11.5 Å². The first-order valence-corrected chi connectivity index (χ1v) is 8.31. The number of carbonyl (C=O) groups is 2. The molecule has 1 unspecified atom stereocenters. The van der Waals surface area contributed by atoms with Crippen LogP contribution in [0.25, 0.3) is 6.08 Å². The van der Waals surface area contributed by atoms with Crippen molar-refractivity contribution in [1.29, 1.82) is 0 Å². The molecule has 0 amide bonds. The third-order valence-corrected chi connectivity index (χ3v) is 4.04. The van der Waals surface area contributed by atoms with Gasteiger partial charge in [-0.05, 0) is 44.2 Å². The summed E-state index contributed by atoms with van der Waals surface area (Å²) >= 11 is 0. The van der Waals surface area contributed by atoms with Crippen LogP contribution in [0.1, 0.15) is 61.4 Å². The Morgan fingerprint density at radius 2 is 1.96 bits per heavy atom. The summed E-state index contributed by atoms with van der Waals surface area (Å²) in [6.07, 6.45) is 7.33. The monoisotopic (exact) mass is 332 g/mol. The van der Waals surface area contributed by atoms with E-state index in [1.54, 1.807) is 6.08 Å². The molecular weight excluding hydrogens is 308 g/mol. The quantitative estimate of drug-likeness (QED) is 0.790. The van der Waals surface area contributed by atoms with E-state index in [0.717, 1.165) is 12.8 Å². The van der Waals surface area contributed by atoms with Gasteiger partial charge in [-0.1, -0.05) is 12.2 Å². The zero-order chi connectivity index (χ0) is 17.5. The summed E-state index contributed by atoms with van der Waals surface area (Å²) < 4.78 is 10.7. The van der Waals surface area contributed by atoms with Gasteiger partial charge in [0.2, 0.25) is 0 Å². The van der Waals surface area contributed by atoms with Gasteiger partial charge in [-0.25, -0.2) is 4.79 Å². The lowest BCUT2D eigenvalue weighted by Gasteiger charge is -2.17. The minimum atomic E-state index is -0.484. The third-order valence-electron chi connectivity index (χ3n) is 4.04. The van der Waals surface area contributed by atoms with Crippen LogP contribution in [0.15, 0.2) is 18.2 Å². The smallest absolute Gasteiger partial charge is 0.342 e. The molecule has 1 heterocycles. The molecule has 1 atom stereocenters. The van der Waals surface area contributed by atoms with Gasteiger partial charge >= 0.3 is 5.97 Å². The zero-order valence-electron chi connectivity index (χ0n) is 14.2. The topological polar surface area (TPSA) is 72.8 Å². The van der Waals surface area contributed by atoms with Gasteiger partial charge in [0.15, 0.2) is 0 Å². The van der Waals surface area contributed by atoms with Crippen LogP contribution in [0.2, 0.25) is 0 Å². The van der Waals surface area contributed by atoms with Crippen molar-refractivity contribution in [3.8, 4) is 11.5 Å². The van der Waals surface area contributed by atoms with E-state index >= 15 is 0 Å². The second-order valence-corrected chi connectivity index (χ2v) is 6.05. The van der Waals surface area contributed by atoms with E-state index in [-0.39, 0.29) is 23.4 Å². The van der Waals surface area contributed by atoms with Gasteiger partial charge in [0.1, 0.15) is 22.8 Å². The number of ether oxygens (including phenoxy) is 2. The molecule has 0 saturated heterocycles. The van der Waals surface area contributed by atoms with Gasteiger partial charge in [0, 0.05) is 18.9 Å². The first kappa shape index (κ1) is 18.0. The molecule has 0 spiro atoms. The number of hydrogen-bond donors (Lipinski definition) is 1. The summed E-state index contributed by atoms with van der Waals surface area (Å²) in [5.41, 5.74) is 0.860. The lowest BCUT2D eigenvalue weighted by molar-refractivity contribution is -0.119. The molecule has 130 valence electrons. The number of allylic oxidation sites excluding steroid dienone is 1. The Balaban J connectivity index is 2.36. The van der Waals surface area contributed by atoms with Crippen molar-refractivity contribution < 1.29 is 24.2 Å². The number of cyclic esters (lactones) is 1. The molecule has 1 aliphatic heterocycles. The first-order chi connectivity index (χ1) is 11.5. The Kier molecular flexibility index (Phi) is 6.41. The average Bonchev–Trinajstić information content (AvgIpc) is 2.52. The van der Waals surface area contributed by atoms with Crippen LogP contribution in [-0.4, -0.2) is 30.1 Å². The highest BCUT2D eigenvalue weighted by Gasteiger charge is 2.21. The number of benzene rings is 1. The molecule has 0 saturated carbocycles. The maximum atomic E-state index is 12.6. The van der Waals surface area contributed by atoms with Crippen LogP contribution in [-0.2, 0) is 9.53 Å². The second kappa shape index (κ2) is 8.52. The van der Waals surface area contributed by atoms with Gasteiger partial charge in [-0.3, -0.25) is 4.79 Å². The molecule has 5 nitrogen and oxygen atoms in total. The standard InChI is InChI=1S/C19H24O5/c1-13-7-6-10-15(20)9-5-3-4-8-14-11-16(21)12-17(23-2)18(14)19(22)24-13/h4,8,11-13,21H,3,5-7,9-10H2,1-2H3/b8-4+. The fourth-order valence-corrected chi connectivity index (χ4v) is 2.77. The van der Waals surface area contributed by atoms with Crippen LogP contribution < -0.4 is 4.74 Å². The molecule has 5 heteroatoms. The third kappa shape index (κ3) is 4.85. The zero-order valence-corrected chi connectivity index (χ0v) is 14.2. The highest BCUT2D eigenvalue weighted by molar-refractivity contribution is 5.97. The summed E-state index contributed by atoms with van der Waals surface area (Å²) in [6, 6.07) is 2.91. The number of esters is 1. The van der Waals surface area contributed by atoms with Crippen LogP contribution >= 0.6 is 0 Å². The number of Topliss-reactive ketones (excluding diaryl/α,β-unsaturated/α-hetero) is 1. The predicted molar refractivity (Wildman–Crippen MR) is 91.3 cm³/mol. The number of rotatable bonds is 1. The molecule has 2 rings (SSSR count). The molecule has 0 fully saturated rings. The number of phenolic OH excluding ortho intramolecular Hbond substituents is 1. The van der Waals surface area contributed by atoms with E-state index < -0.39 is 5.97 Å². The number of aromatic hydroxyl groups is 1. The summed E-state index contributed by atoms with van der Waals surface area (Å²) in [5.74, 6) is 0.0719. The van der Waals surface area contributed by atoms with E-state index in [2.05, 4.69) is 0 Å². The van der Waals surface area contributed by atoms with Gasteiger partial charge in [0.25, 0.3) is 0 Å². The van der Waals surface area contributed by atoms with Crippen molar-refractivity contribution in [1.82, 2.24) is 0 Å². The molecule has 24 heavy (non-hydrogen) atoms. The molecule has 0 bridgehead atoms. The van der Waals surface area contributed by atoms with E-state index in [9.17, 15) is 14.7 Å². The van der Waals surface area contributed by atoms with E-state index in [1.165, 1.54) is 19.2 Å². The second-order valence-electron chi connectivity index (χ2n) is 6.05. The Labute approximate surface area is 142 Å². The summed E-state index contributed by atoms with van der Waals surface area (Å²) in [5, 5.41) is 9.83. The van der Waals surface area contributed by atoms with Gasteiger partial charge in [-0.15, -0.1) is 0 Å². The van der Waals surface area contributed by atoms with E-state index in [0.29, 0.717) is 36.8 Å². The number of ketones is 1. The van der Waals surface area contributed by atoms with Crippen molar-refractivity contribution in [2.45, 2.75) is 51.6 Å². The molecule has 1 aromatic rings. The average molecular weight is 332 g/mol. The SMILES string of the molecule is COc1cc(O)cc2c1C(=O)OC(C)CCCC(=O)CCC/C=C/2. The van der Waals surface area contributed by atoms with Crippen LogP contribution in [0.3, 0.4) is 0 Å². The molecular formula is C19H24O5. The summed E-state index contributed by atoms with van der Waals surface area (Å²) in [6.45, 7) is 1.82. The minimum Gasteiger partial charge on any atom is -0.508 e. The summed E-state index contributed by atoms with van der Waals surface area (Å²) in [7, 11) is 1.45. The van der Waals surface area contributed by atoms with Crippen molar-refractivity contribution >= 4 is 17.8 Å². The van der Waals surface area contributed by atoms with Crippen molar-refractivity contribution in [3.63, 3.8) is 0 Å². The lowest BCUT2D eigenvalue weighted by Crippen LogP contribution is -2.17. The number of methoxy groups -OCH3 is 1. The maximum Gasteiger partial charge on any atom is 0.342 e. The number of carbonyl (C=O) groups excluding carboxylic acids is 2. The normalized spacial score (nSPS) is 21.3. The van der Waals surface area contributed by atoms with E-state index in [4.69, 9.17) is 9.47 Å². The molecule has 0 aromatic heterocycles. The van der Waals surface area contributed by atoms with Gasteiger partial charge < -0.3 is 14.6 Å². The molecule has 1 N–H and O–H groups in total. The Bertz CT molecular complexity index is 633. The van der Waals surface area contributed by atoms with Gasteiger partial charge in [-0.2, -0.15) is 0 Å². The highest BCUT2D eigenvalue weighted by Crippen LogP contribution is 2.30. The Morgan fingerprint density at radius 3 is 2.71 bits per heavy atom.